The first-order valence-corrected chi connectivity index (χ1v) is 11.4. The molecule has 31 heavy (non-hydrogen) atoms. The van der Waals surface area contributed by atoms with Crippen molar-refractivity contribution in [3.05, 3.63) is 59.7 Å². The maximum atomic E-state index is 12.6. The second kappa shape index (κ2) is 12.9. The average Bonchev–Trinajstić information content (AvgIpc) is 2.75. The predicted octanol–water partition coefficient (Wildman–Crippen LogP) is 3.60. The highest BCUT2D eigenvalue weighted by Gasteiger charge is 2.22. The van der Waals surface area contributed by atoms with Gasteiger partial charge in [0.15, 0.2) is 5.96 Å². The summed E-state index contributed by atoms with van der Waals surface area (Å²) in [6, 6.07) is 14.6. The van der Waals surface area contributed by atoms with E-state index in [0.29, 0.717) is 19.0 Å². The van der Waals surface area contributed by atoms with E-state index in [1.54, 1.807) is 38.4 Å². The summed E-state index contributed by atoms with van der Waals surface area (Å²) < 4.78 is 31.9. The van der Waals surface area contributed by atoms with Gasteiger partial charge in [0, 0.05) is 31.7 Å². The van der Waals surface area contributed by atoms with Crippen LogP contribution in [-0.2, 0) is 23.1 Å². The Labute approximate surface area is 203 Å². The van der Waals surface area contributed by atoms with Gasteiger partial charge in [-0.3, -0.25) is 0 Å². The van der Waals surface area contributed by atoms with E-state index >= 15 is 0 Å². The Kier molecular flexibility index (Phi) is 11.3. The summed E-state index contributed by atoms with van der Waals surface area (Å²) in [5.41, 5.74) is 1.96. The highest BCUT2D eigenvalue weighted by Crippen LogP contribution is 2.18. The molecule has 7 nitrogen and oxygen atoms in total. The van der Waals surface area contributed by atoms with Crippen molar-refractivity contribution in [2.45, 2.75) is 44.8 Å². The molecular weight excluding hydrogens is 527 g/mol. The highest BCUT2D eigenvalue weighted by atomic mass is 127. The van der Waals surface area contributed by atoms with Gasteiger partial charge in [0.05, 0.1) is 18.6 Å². The number of nitrogens with zero attached hydrogens (tertiary/aromatic N) is 2. The number of ether oxygens (including phenoxy) is 1. The van der Waals surface area contributed by atoms with Crippen LogP contribution in [0.25, 0.3) is 0 Å². The van der Waals surface area contributed by atoms with Crippen molar-refractivity contribution in [1.29, 1.82) is 0 Å². The number of guanidine groups is 1. The summed E-state index contributed by atoms with van der Waals surface area (Å²) in [7, 11) is -0.235. The molecule has 0 saturated carbocycles. The van der Waals surface area contributed by atoms with Crippen LogP contribution >= 0.6 is 24.0 Å². The molecule has 2 aromatic rings. The number of rotatable bonds is 9. The number of hydrogen-bond donors (Lipinski definition) is 2. The van der Waals surface area contributed by atoms with E-state index in [0.717, 1.165) is 23.4 Å². The molecule has 9 heteroatoms. The van der Waals surface area contributed by atoms with Gasteiger partial charge in [-0.05, 0) is 44.5 Å². The molecule has 0 saturated heterocycles. The summed E-state index contributed by atoms with van der Waals surface area (Å²) in [6.45, 7) is 7.44. The van der Waals surface area contributed by atoms with Crippen LogP contribution in [0, 0.1) is 0 Å². The van der Waals surface area contributed by atoms with E-state index in [4.69, 9.17) is 4.74 Å². The third kappa shape index (κ3) is 7.65. The van der Waals surface area contributed by atoms with E-state index < -0.39 is 10.0 Å². The molecule has 2 N–H and O–H groups in total. The first kappa shape index (κ1) is 27.2. The SMILES string of the molecule is CCNC(=NCc1ccc(S(=O)(=O)N(C)C(C)C)cc1)NCc1ccccc1OC.I. The first-order valence-electron chi connectivity index (χ1n) is 10.0. The lowest BCUT2D eigenvalue weighted by Gasteiger charge is -2.21. The smallest absolute Gasteiger partial charge is 0.243 e. The molecule has 0 radical (unpaired) electrons. The maximum absolute atomic E-state index is 12.6. The molecule has 0 fully saturated rings. The molecule has 172 valence electrons. The van der Waals surface area contributed by atoms with Gasteiger partial charge in [0.25, 0.3) is 0 Å². The monoisotopic (exact) mass is 560 g/mol. The number of aliphatic imine (C=N–C) groups is 1. The van der Waals surface area contributed by atoms with Crippen molar-refractivity contribution < 1.29 is 13.2 Å². The fraction of sp³-hybridized carbons (Fsp3) is 0.409. The number of sulfonamides is 1. The summed E-state index contributed by atoms with van der Waals surface area (Å²) in [5, 5.41) is 6.52. The first-order chi connectivity index (χ1) is 14.3. The summed E-state index contributed by atoms with van der Waals surface area (Å²) in [4.78, 5) is 4.89. The second-order valence-electron chi connectivity index (χ2n) is 7.12. The van der Waals surface area contributed by atoms with Crippen LogP contribution in [0.2, 0.25) is 0 Å². The Balaban J connectivity index is 0.00000480. The van der Waals surface area contributed by atoms with Gasteiger partial charge in [-0.2, -0.15) is 4.31 Å². The number of para-hydroxylation sites is 1. The van der Waals surface area contributed by atoms with Crippen LogP contribution in [-0.4, -0.2) is 45.4 Å². The van der Waals surface area contributed by atoms with Gasteiger partial charge in [-0.15, -0.1) is 24.0 Å². The minimum atomic E-state index is -3.48. The number of benzene rings is 2. The molecule has 0 spiro atoms. The summed E-state index contributed by atoms with van der Waals surface area (Å²) >= 11 is 0. The average molecular weight is 561 g/mol. The van der Waals surface area contributed by atoms with E-state index in [9.17, 15) is 8.42 Å². The van der Waals surface area contributed by atoms with Crippen LogP contribution in [0.1, 0.15) is 31.9 Å². The van der Waals surface area contributed by atoms with Crippen molar-refractivity contribution in [3.8, 4) is 5.75 Å². The lowest BCUT2D eigenvalue weighted by molar-refractivity contribution is 0.409. The lowest BCUT2D eigenvalue weighted by atomic mass is 10.2. The molecule has 0 heterocycles. The Hall–Kier alpha value is -1.85. The Morgan fingerprint density at radius 3 is 2.32 bits per heavy atom. The van der Waals surface area contributed by atoms with Gasteiger partial charge in [-0.1, -0.05) is 30.3 Å². The normalized spacial score (nSPS) is 11.9. The quantitative estimate of drug-likeness (QED) is 0.278. The number of halogens is 1. The molecule has 0 aromatic heterocycles. The second-order valence-corrected chi connectivity index (χ2v) is 9.12. The number of methoxy groups -OCH3 is 1. The van der Waals surface area contributed by atoms with Gasteiger partial charge in [-0.25, -0.2) is 13.4 Å². The number of nitrogens with one attached hydrogen (secondary N) is 2. The largest absolute Gasteiger partial charge is 0.496 e. The van der Waals surface area contributed by atoms with Crippen molar-refractivity contribution >= 4 is 40.0 Å². The molecule has 2 aromatic carbocycles. The third-order valence-electron chi connectivity index (χ3n) is 4.73. The molecule has 2 rings (SSSR count). The van der Waals surface area contributed by atoms with Gasteiger partial charge >= 0.3 is 0 Å². The third-order valence-corrected chi connectivity index (χ3v) is 6.78. The molecule has 0 aliphatic heterocycles. The Morgan fingerprint density at radius 1 is 1.10 bits per heavy atom. The van der Waals surface area contributed by atoms with Crippen molar-refractivity contribution in [2.24, 2.45) is 4.99 Å². The van der Waals surface area contributed by atoms with Crippen LogP contribution in [0.4, 0.5) is 0 Å². The standard InChI is InChI=1S/C22H32N4O3S.HI/c1-6-23-22(25-16-19-9-7-8-10-21(19)29-5)24-15-18-11-13-20(14-12-18)30(27,28)26(4)17(2)3;/h7-14,17H,6,15-16H2,1-5H3,(H2,23,24,25);1H. The van der Waals surface area contributed by atoms with Crippen LogP contribution < -0.4 is 15.4 Å². The minimum Gasteiger partial charge on any atom is -0.496 e. The van der Waals surface area contributed by atoms with Crippen molar-refractivity contribution in [2.75, 3.05) is 20.7 Å². The van der Waals surface area contributed by atoms with Crippen LogP contribution in [0.15, 0.2) is 58.4 Å². The molecule has 0 unspecified atom stereocenters. The zero-order valence-electron chi connectivity index (χ0n) is 18.8. The zero-order chi connectivity index (χ0) is 22.1. The molecule has 0 amide bonds. The van der Waals surface area contributed by atoms with E-state index in [2.05, 4.69) is 15.6 Å². The van der Waals surface area contributed by atoms with E-state index in [1.165, 1.54) is 4.31 Å². The fourth-order valence-corrected chi connectivity index (χ4v) is 4.12. The Bertz CT molecular complexity index is 947. The lowest BCUT2D eigenvalue weighted by Crippen LogP contribution is -2.36. The van der Waals surface area contributed by atoms with Gasteiger partial charge < -0.3 is 15.4 Å². The summed E-state index contributed by atoms with van der Waals surface area (Å²) in [6.07, 6.45) is 0. The Morgan fingerprint density at radius 2 is 1.74 bits per heavy atom. The van der Waals surface area contributed by atoms with E-state index in [-0.39, 0.29) is 34.9 Å². The maximum Gasteiger partial charge on any atom is 0.243 e. The summed E-state index contributed by atoms with van der Waals surface area (Å²) in [5.74, 6) is 1.50. The fourth-order valence-electron chi connectivity index (χ4n) is 2.75. The van der Waals surface area contributed by atoms with Crippen LogP contribution in [0.5, 0.6) is 5.75 Å². The molecule has 0 aliphatic rings. The molecular formula is C22H33IN4O3S. The molecule has 0 aliphatic carbocycles. The highest BCUT2D eigenvalue weighted by molar-refractivity contribution is 14.0. The zero-order valence-corrected chi connectivity index (χ0v) is 21.9. The topological polar surface area (TPSA) is 83.0 Å². The van der Waals surface area contributed by atoms with Crippen molar-refractivity contribution in [3.63, 3.8) is 0 Å². The predicted molar refractivity (Wildman–Crippen MR) is 137 cm³/mol. The molecule has 0 bridgehead atoms. The van der Waals surface area contributed by atoms with Gasteiger partial charge in [0.2, 0.25) is 10.0 Å². The minimum absolute atomic E-state index is 0. The van der Waals surface area contributed by atoms with E-state index in [1.807, 2.05) is 45.0 Å². The van der Waals surface area contributed by atoms with Crippen LogP contribution in [0.3, 0.4) is 0 Å². The van der Waals surface area contributed by atoms with Gasteiger partial charge in [0.1, 0.15) is 5.75 Å². The van der Waals surface area contributed by atoms with Crippen molar-refractivity contribution in [1.82, 2.24) is 14.9 Å². The number of hydrogen-bond acceptors (Lipinski definition) is 4. The molecule has 0 atom stereocenters.